The standard InChI is InChI=1S/C20H23N3O2/c21-20(22-13-15-7-6-14-4-1-2-5-17(14)15)23-16-8-9-18-19(12-16)25-11-3-10-24-18/h1-2,4-5,8-9,12,15H,3,6-7,10-11,13H2,(H3,21,22,23). The van der Waals surface area contributed by atoms with Gasteiger partial charge in [-0.2, -0.15) is 0 Å². The number of nitrogens with one attached hydrogen (secondary N) is 1. The van der Waals surface area contributed by atoms with Gasteiger partial charge in [0.25, 0.3) is 0 Å². The second-order valence-corrected chi connectivity index (χ2v) is 6.50. The molecule has 2 aromatic rings. The molecule has 0 spiro atoms. The molecule has 1 atom stereocenters. The highest BCUT2D eigenvalue weighted by Crippen LogP contribution is 2.33. The number of nitrogens with two attached hydrogens (primary N) is 1. The molecule has 0 bridgehead atoms. The molecule has 0 radical (unpaired) electrons. The van der Waals surface area contributed by atoms with E-state index in [2.05, 4.69) is 34.6 Å². The molecule has 1 aliphatic heterocycles. The van der Waals surface area contributed by atoms with E-state index in [1.807, 2.05) is 18.2 Å². The van der Waals surface area contributed by atoms with E-state index in [4.69, 9.17) is 15.2 Å². The molecule has 2 aliphatic rings. The number of guanidine groups is 1. The molecule has 2 aromatic carbocycles. The van der Waals surface area contributed by atoms with Gasteiger partial charge in [0.2, 0.25) is 0 Å². The summed E-state index contributed by atoms with van der Waals surface area (Å²) < 4.78 is 11.3. The molecule has 25 heavy (non-hydrogen) atoms. The molecule has 1 aliphatic carbocycles. The van der Waals surface area contributed by atoms with Crippen LogP contribution in [0.2, 0.25) is 0 Å². The lowest BCUT2D eigenvalue weighted by Crippen LogP contribution is -2.23. The average molecular weight is 337 g/mol. The minimum atomic E-state index is 0.430. The molecular formula is C20H23N3O2. The van der Waals surface area contributed by atoms with E-state index >= 15 is 0 Å². The smallest absolute Gasteiger partial charge is 0.193 e. The molecule has 0 saturated carbocycles. The molecule has 3 N–H and O–H groups in total. The summed E-state index contributed by atoms with van der Waals surface area (Å²) in [6, 6.07) is 14.4. The number of ether oxygens (including phenoxy) is 2. The largest absolute Gasteiger partial charge is 0.490 e. The normalized spacial score (nSPS) is 19.2. The Balaban J connectivity index is 1.41. The second-order valence-electron chi connectivity index (χ2n) is 6.50. The maximum Gasteiger partial charge on any atom is 0.193 e. The highest BCUT2D eigenvalue weighted by atomic mass is 16.5. The van der Waals surface area contributed by atoms with Crippen LogP contribution in [0, 0.1) is 0 Å². The zero-order valence-corrected chi connectivity index (χ0v) is 14.2. The Morgan fingerprint density at radius 1 is 1.12 bits per heavy atom. The maximum absolute atomic E-state index is 6.08. The zero-order valence-electron chi connectivity index (χ0n) is 14.2. The molecule has 0 aromatic heterocycles. The molecule has 5 nitrogen and oxygen atoms in total. The molecule has 5 heteroatoms. The summed E-state index contributed by atoms with van der Waals surface area (Å²) >= 11 is 0. The Labute approximate surface area is 147 Å². The van der Waals surface area contributed by atoms with E-state index in [0.29, 0.717) is 31.6 Å². The first-order chi connectivity index (χ1) is 12.3. The number of fused-ring (bicyclic) bond motifs is 2. The van der Waals surface area contributed by atoms with Crippen LogP contribution in [0.1, 0.15) is 29.9 Å². The van der Waals surface area contributed by atoms with Gasteiger partial charge in [-0.05, 0) is 36.1 Å². The van der Waals surface area contributed by atoms with E-state index < -0.39 is 0 Å². The average Bonchev–Trinajstić information content (AvgIpc) is 2.89. The van der Waals surface area contributed by atoms with Gasteiger partial charge < -0.3 is 20.5 Å². The fourth-order valence-electron chi connectivity index (χ4n) is 3.47. The third-order valence-electron chi connectivity index (χ3n) is 4.76. The summed E-state index contributed by atoms with van der Waals surface area (Å²) in [6.45, 7) is 2.06. The molecule has 130 valence electrons. The predicted molar refractivity (Wildman–Crippen MR) is 99.7 cm³/mol. The van der Waals surface area contributed by atoms with Crippen molar-refractivity contribution in [2.45, 2.75) is 25.2 Å². The van der Waals surface area contributed by atoms with Gasteiger partial charge in [0.15, 0.2) is 17.5 Å². The van der Waals surface area contributed by atoms with Crippen LogP contribution in [0.15, 0.2) is 47.5 Å². The Kier molecular flexibility index (Phi) is 4.46. The van der Waals surface area contributed by atoms with Crippen LogP contribution in [-0.2, 0) is 6.42 Å². The Morgan fingerprint density at radius 2 is 1.96 bits per heavy atom. The zero-order chi connectivity index (χ0) is 17.1. The lowest BCUT2D eigenvalue weighted by Gasteiger charge is -2.12. The number of aliphatic imine (C=N–C) groups is 1. The SMILES string of the molecule is NC(=NCC1CCc2ccccc21)Nc1ccc2c(c1)OCCCO2. The van der Waals surface area contributed by atoms with Gasteiger partial charge in [-0.15, -0.1) is 0 Å². The Hall–Kier alpha value is -2.69. The van der Waals surface area contributed by atoms with E-state index in [9.17, 15) is 0 Å². The van der Waals surface area contributed by atoms with Gasteiger partial charge in [0, 0.05) is 30.6 Å². The van der Waals surface area contributed by atoms with E-state index in [-0.39, 0.29) is 0 Å². The van der Waals surface area contributed by atoms with Crippen molar-refractivity contribution < 1.29 is 9.47 Å². The number of benzene rings is 2. The highest BCUT2D eigenvalue weighted by Gasteiger charge is 2.21. The first-order valence-electron chi connectivity index (χ1n) is 8.84. The molecular weight excluding hydrogens is 314 g/mol. The predicted octanol–water partition coefficient (Wildman–Crippen LogP) is 3.30. The van der Waals surface area contributed by atoms with Crippen LogP contribution in [-0.4, -0.2) is 25.7 Å². The number of nitrogens with zero attached hydrogens (tertiary/aromatic N) is 1. The lowest BCUT2D eigenvalue weighted by molar-refractivity contribution is 0.297. The van der Waals surface area contributed by atoms with Crippen LogP contribution < -0.4 is 20.5 Å². The quantitative estimate of drug-likeness (QED) is 0.666. The fourth-order valence-corrected chi connectivity index (χ4v) is 3.47. The summed E-state index contributed by atoms with van der Waals surface area (Å²) in [5.41, 5.74) is 9.79. The van der Waals surface area contributed by atoms with Crippen LogP contribution in [0.4, 0.5) is 5.69 Å². The number of hydrogen-bond donors (Lipinski definition) is 2. The number of anilines is 1. The van der Waals surface area contributed by atoms with Gasteiger partial charge in [-0.1, -0.05) is 24.3 Å². The molecule has 0 fully saturated rings. The lowest BCUT2D eigenvalue weighted by atomic mass is 10.0. The Morgan fingerprint density at radius 3 is 2.88 bits per heavy atom. The first kappa shape index (κ1) is 15.8. The van der Waals surface area contributed by atoms with E-state index in [1.165, 1.54) is 11.1 Å². The van der Waals surface area contributed by atoms with Crippen LogP contribution >= 0.6 is 0 Å². The van der Waals surface area contributed by atoms with Crippen molar-refractivity contribution in [1.82, 2.24) is 0 Å². The van der Waals surface area contributed by atoms with Gasteiger partial charge >= 0.3 is 0 Å². The number of aryl methyl sites for hydroxylation is 1. The van der Waals surface area contributed by atoms with Gasteiger partial charge in [0.1, 0.15) is 0 Å². The van der Waals surface area contributed by atoms with Crippen LogP contribution in [0.3, 0.4) is 0 Å². The van der Waals surface area contributed by atoms with Crippen molar-refractivity contribution in [3.05, 3.63) is 53.6 Å². The third-order valence-corrected chi connectivity index (χ3v) is 4.76. The van der Waals surface area contributed by atoms with Crippen LogP contribution in [0.5, 0.6) is 11.5 Å². The second kappa shape index (κ2) is 7.05. The first-order valence-corrected chi connectivity index (χ1v) is 8.84. The molecule has 0 saturated heterocycles. The van der Waals surface area contributed by atoms with Crippen molar-refractivity contribution in [2.75, 3.05) is 25.1 Å². The number of hydrogen-bond acceptors (Lipinski definition) is 3. The van der Waals surface area contributed by atoms with Gasteiger partial charge in [-0.3, -0.25) is 4.99 Å². The minimum Gasteiger partial charge on any atom is -0.490 e. The fraction of sp³-hybridized carbons (Fsp3) is 0.350. The molecule has 0 amide bonds. The summed E-state index contributed by atoms with van der Waals surface area (Å²) in [6.07, 6.45) is 3.16. The molecule has 1 unspecified atom stereocenters. The summed E-state index contributed by atoms with van der Waals surface area (Å²) in [7, 11) is 0. The summed E-state index contributed by atoms with van der Waals surface area (Å²) in [4.78, 5) is 4.54. The van der Waals surface area contributed by atoms with Crippen molar-refractivity contribution in [2.24, 2.45) is 10.7 Å². The van der Waals surface area contributed by atoms with Crippen molar-refractivity contribution in [3.63, 3.8) is 0 Å². The van der Waals surface area contributed by atoms with Gasteiger partial charge in [-0.25, -0.2) is 0 Å². The molecule has 1 heterocycles. The monoisotopic (exact) mass is 337 g/mol. The van der Waals surface area contributed by atoms with Crippen molar-refractivity contribution in [3.8, 4) is 11.5 Å². The Bertz CT molecular complexity index is 788. The van der Waals surface area contributed by atoms with Gasteiger partial charge in [0.05, 0.1) is 13.2 Å². The minimum absolute atomic E-state index is 0.430. The van der Waals surface area contributed by atoms with E-state index in [0.717, 1.165) is 36.4 Å². The third kappa shape index (κ3) is 3.55. The van der Waals surface area contributed by atoms with Crippen molar-refractivity contribution >= 4 is 11.6 Å². The summed E-state index contributed by atoms with van der Waals surface area (Å²) in [5, 5.41) is 3.15. The number of rotatable bonds is 3. The topological polar surface area (TPSA) is 68.9 Å². The highest BCUT2D eigenvalue weighted by molar-refractivity contribution is 5.92. The van der Waals surface area contributed by atoms with Crippen LogP contribution in [0.25, 0.3) is 0 Å². The van der Waals surface area contributed by atoms with E-state index in [1.54, 1.807) is 0 Å². The maximum atomic E-state index is 6.08. The molecule has 4 rings (SSSR count). The summed E-state index contributed by atoms with van der Waals surface area (Å²) in [5.74, 6) is 2.42. The van der Waals surface area contributed by atoms with Crippen molar-refractivity contribution in [1.29, 1.82) is 0 Å².